The summed E-state index contributed by atoms with van der Waals surface area (Å²) in [6.07, 6.45) is 0. The molecule has 1 heterocycles. The van der Waals surface area contributed by atoms with Crippen molar-refractivity contribution >= 4 is 39.6 Å². The van der Waals surface area contributed by atoms with Gasteiger partial charge in [0.25, 0.3) is 5.69 Å². The molecule has 0 bridgehead atoms. The van der Waals surface area contributed by atoms with E-state index in [4.69, 9.17) is 17.3 Å². The Labute approximate surface area is 122 Å². The van der Waals surface area contributed by atoms with Gasteiger partial charge in [0.15, 0.2) is 0 Å². The first-order valence-corrected chi connectivity index (χ1v) is 6.61. The summed E-state index contributed by atoms with van der Waals surface area (Å²) in [7, 11) is 1.24. The van der Waals surface area contributed by atoms with Crippen LogP contribution in [0.25, 0.3) is 11.1 Å². The number of carbonyl (C=O) groups excluding carboxylic acids is 1. The van der Waals surface area contributed by atoms with Crippen molar-refractivity contribution in [2.45, 2.75) is 0 Å². The van der Waals surface area contributed by atoms with Gasteiger partial charge in [0.05, 0.1) is 12.0 Å². The van der Waals surface area contributed by atoms with Crippen LogP contribution in [0.5, 0.6) is 0 Å². The number of nitro groups is 1. The Hall–Kier alpha value is -2.12. The maximum atomic E-state index is 11.7. The molecule has 0 amide bonds. The number of nitro benzene ring substituents is 1. The lowest BCUT2D eigenvalue weighted by Gasteiger charge is -2.04. The Balaban J connectivity index is 2.61. The summed E-state index contributed by atoms with van der Waals surface area (Å²) in [5.41, 5.74) is 6.68. The second kappa shape index (κ2) is 5.48. The number of hydrogen-bond donors (Lipinski definition) is 1. The molecule has 2 N–H and O–H groups in total. The average molecular weight is 313 g/mol. The van der Waals surface area contributed by atoms with Crippen LogP contribution in [0.1, 0.15) is 10.4 Å². The largest absolute Gasteiger partial charge is 0.465 e. The van der Waals surface area contributed by atoms with Crippen molar-refractivity contribution in [3.63, 3.8) is 0 Å². The number of thiophene rings is 1. The van der Waals surface area contributed by atoms with Crippen LogP contribution in [-0.4, -0.2) is 18.0 Å². The lowest BCUT2D eigenvalue weighted by Crippen LogP contribution is -2.04. The summed E-state index contributed by atoms with van der Waals surface area (Å²) in [6.45, 7) is 0. The third-order valence-electron chi connectivity index (χ3n) is 2.66. The number of nitrogens with zero attached hydrogens (tertiary/aromatic N) is 1. The number of nitrogen functional groups attached to an aromatic ring is 1. The molecule has 2 aromatic rings. The molecule has 0 unspecified atom stereocenters. The smallest absolute Gasteiger partial charge is 0.341 e. The van der Waals surface area contributed by atoms with Crippen molar-refractivity contribution in [1.29, 1.82) is 0 Å². The molecule has 0 saturated carbocycles. The summed E-state index contributed by atoms with van der Waals surface area (Å²) >= 11 is 6.92. The highest BCUT2D eigenvalue weighted by molar-refractivity contribution is 7.14. The second-order valence-electron chi connectivity index (χ2n) is 3.80. The molecule has 6 nitrogen and oxygen atoms in total. The number of nitrogens with two attached hydrogens (primary N) is 1. The van der Waals surface area contributed by atoms with E-state index in [9.17, 15) is 14.9 Å². The van der Waals surface area contributed by atoms with Gasteiger partial charge < -0.3 is 10.5 Å². The van der Waals surface area contributed by atoms with Crippen LogP contribution in [0.2, 0.25) is 5.02 Å². The number of esters is 1. The maximum absolute atomic E-state index is 11.7. The molecule has 0 aliphatic rings. The predicted octanol–water partition coefficient (Wildman–Crippen LogP) is 3.35. The van der Waals surface area contributed by atoms with Gasteiger partial charge in [-0.05, 0) is 11.6 Å². The Morgan fingerprint density at radius 2 is 2.20 bits per heavy atom. The van der Waals surface area contributed by atoms with Gasteiger partial charge in [-0.3, -0.25) is 10.1 Å². The number of methoxy groups -OCH3 is 1. The molecular formula is C12H9ClN2O4S. The summed E-state index contributed by atoms with van der Waals surface area (Å²) in [5.74, 6) is -0.587. The zero-order valence-electron chi connectivity index (χ0n) is 10.3. The molecule has 0 atom stereocenters. The van der Waals surface area contributed by atoms with E-state index in [-0.39, 0.29) is 16.3 Å². The van der Waals surface area contributed by atoms with Gasteiger partial charge in [0, 0.05) is 17.0 Å². The molecule has 2 rings (SSSR count). The van der Waals surface area contributed by atoms with Gasteiger partial charge in [0.2, 0.25) is 0 Å². The minimum Gasteiger partial charge on any atom is -0.465 e. The molecule has 20 heavy (non-hydrogen) atoms. The van der Waals surface area contributed by atoms with Gasteiger partial charge in [-0.2, -0.15) is 0 Å². The van der Waals surface area contributed by atoms with Gasteiger partial charge in [-0.15, -0.1) is 11.3 Å². The van der Waals surface area contributed by atoms with Gasteiger partial charge in [-0.1, -0.05) is 17.7 Å². The Morgan fingerprint density at radius 1 is 1.50 bits per heavy atom. The zero-order chi connectivity index (χ0) is 14.9. The standard InChI is InChI=1S/C12H9ClN2O4S/c1-19-12(16)10-7(5-20-11(10)14)6-2-3-8(13)9(4-6)15(17)18/h2-5H,14H2,1H3. The number of halogens is 1. The van der Waals surface area contributed by atoms with Crippen molar-refractivity contribution in [3.05, 3.63) is 44.3 Å². The molecule has 1 aromatic carbocycles. The first kappa shape index (κ1) is 14.3. The topological polar surface area (TPSA) is 95.5 Å². The predicted molar refractivity (Wildman–Crippen MR) is 77.2 cm³/mol. The van der Waals surface area contributed by atoms with E-state index in [2.05, 4.69) is 4.74 Å². The van der Waals surface area contributed by atoms with E-state index in [1.807, 2.05) is 0 Å². The first-order valence-electron chi connectivity index (χ1n) is 5.35. The molecule has 1 aromatic heterocycles. The summed E-state index contributed by atoms with van der Waals surface area (Å²) < 4.78 is 4.67. The van der Waals surface area contributed by atoms with E-state index in [1.54, 1.807) is 11.4 Å². The summed E-state index contributed by atoms with van der Waals surface area (Å²) in [6, 6.07) is 4.30. The fraction of sp³-hybridized carbons (Fsp3) is 0.0833. The third kappa shape index (κ3) is 2.45. The van der Waals surface area contributed by atoms with Crippen molar-refractivity contribution < 1.29 is 14.5 Å². The highest BCUT2D eigenvalue weighted by Gasteiger charge is 2.21. The fourth-order valence-electron chi connectivity index (χ4n) is 1.72. The van der Waals surface area contributed by atoms with E-state index in [0.29, 0.717) is 16.1 Å². The van der Waals surface area contributed by atoms with Crippen LogP contribution < -0.4 is 5.73 Å². The van der Waals surface area contributed by atoms with Gasteiger partial charge >= 0.3 is 5.97 Å². The number of carbonyl (C=O) groups is 1. The maximum Gasteiger partial charge on any atom is 0.341 e. The fourth-order valence-corrected chi connectivity index (χ4v) is 2.71. The Morgan fingerprint density at radius 3 is 2.80 bits per heavy atom. The van der Waals surface area contributed by atoms with Crippen LogP contribution >= 0.6 is 22.9 Å². The number of anilines is 1. The SMILES string of the molecule is COC(=O)c1c(-c2ccc(Cl)c([N+](=O)[O-])c2)csc1N. The number of rotatable bonds is 3. The molecule has 8 heteroatoms. The normalized spacial score (nSPS) is 10.3. The molecule has 0 spiro atoms. The van der Waals surface area contributed by atoms with Gasteiger partial charge in [0.1, 0.15) is 15.6 Å². The minimum atomic E-state index is -0.587. The van der Waals surface area contributed by atoms with E-state index in [0.717, 1.165) is 11.3 Å². The molecule has 104 valence electrons. The van der Waals surface area contributed by atoms with Crippen molar-refractivity contribution in [2.75, 3.05) is 12.8 Å². The van der Waals surface area contributed by atoms with E-state index < -0.39 is 10.9 Å². The van der Waals surface area contributed by atoms with Gasteiger partial charge in [-0.25, -0.2) is 4.79 Å². The number of hydrogen-bond acceptors (Lipinski definition) is 6. The van der Waals surface area contributed by atoms with Crippen molar-refractivity contribution in [3.8, 4) is 11.1 Å². The quantitative estimate of drug-likeness (QED) is 0.532. The summed E-state index contributed by atoms with van der Waals surface area (Å²) in [5, 5.41) is 12.9. The van der Waals surface area contributed by atoms with Crippen LogP contribution in [0.4, 0.5) is 10.7 Å². The molecule has 0 radical (unpaired) electrons. The van der Waals surface area contributed by atoms with Crippen LogP contribution in [0.15, 0.2) is 23.6 Å². The lowest BCUT2D eigenvalue weighted by molar-refractivity contribution is -0.384. The van der Waals surface area contributed by atoms with Crippen molar-refractivity contribution in [2.24, 2.45) is 0 Å². The molecule has 0 aliphatic heterocycles. The Kier molecular flexibility index (Phi) is 3.91. The zero-order valence-corrected chi connectivity index (χ0v) is 11.8. The highest BCUT2D eigenvalue weighted by atomic mass is 35.5. The number of ether oxygens (including phenoxy) is 1. The summed E-state index contributed by atoms with van der Waals surface area (Å²) in [4.78, 5) is 22.0. The highest BCUT2D eigenvalue weighted by Crippen LogP contribution is 2.37. The number of benzene rings is 1. The third-order valence-corrected chi connectivity index (χ3v) is 3.79. The van der Waals surface area contributed by atoms with Crippen LogP contribution in [0.3, 0.4) is 0 Å². The molecule has 0 fully saturated rings. The molecule has 0 saturated heterocycles. The van der Waals surface area contributed by atoms with Crippen LogP contribution in [-0.2, 0) is 4.74 Å². The minimum absolute atomic E-state index is 0.0292. The monoisotopic (exact) mass is 312 g/mol. The van der Waals surface area contributed by atoms with Crippen molar-refractivity contribution in [1.82, 2.24) is 0 Å². The molecule has 0 aliphatic carbocycles. The average Bonchev–Trinajstić information content (AvgIpc) is 2.80. The molecular weight excluding hydrogens is 304 g/mol. The Bertz CT molecular complexity index is 699. The first-order chi connectivity index (χ1) is 9.45. The van der Waals surface area contributed by atoms with E-state index in [1.165, 1.54) is 19.2 Å². The lowest BCUT2D eigenvalue weighted by atomic mass is 10.0. The second-order valence-corrected chi connectivity index (χ2v) is 5.12. The van der Waals surface area contributed by atoms with E-state index >= 15 is 0 Å². The van der Waals surface area contributed by atoms with Crippen LogP contribution in [0, 0.1) is 10.1 Å².